The minimum Gasteiger partial charge on any atom is -0.493 e. The summed E-state index contributed by atoms with van der Waals surface area (Å²) in [4.78, 5) is 26.0. The van der Waals surface area contributed by atoms with E-state index in [0.29, 0.717) is 12.4 Å². The summed E-state index contributed by atoms with van der Waals surface area (Å²) in [6.07, 6.45) is 4.53. The first kappa shape index (κ1) is 24.8. The van der Waals surface area contributed by atoms with Gasteiger partial charge in [-0.1, -0.05) is 19.9 Å². The highest BCUT2D eigenvalue weighted by Gasteiger charge is 2.31. The summed E-state index contributed by atoms with van der Waals surface area (Å²) in [6.45, 7) is 11.4. The third-order valence-electron chi connectivity index (χ3n) is 8.32. The maximum Gasteiger partial charge on any atom is 0.354 e. The molecular formula is C31H33N7O2. The number of aromatic nitrogens is 5. The van der Waals surface area contributed by atoms with Crippen LogP contribution in [0.15, 0.2) is 47.5 Å². The third kappa shape index (κ3) is 3.79. The van der Waals surface area contributed by atoms with E-state index in [9.17, 15) is 4.79 Å². The van der Waals surface area contributed by atoms with E-state index in [1.54, 1.807) is 4.57 Å². The van der Waals surface area contributed by atoms with Crippen molar-refractivity contribution in [2.45, 2.75) is 46.1 Å². The van der Waals surface area contributed by atoms with Gasteiger partial charge in [0.1, 0.15) is 11.6 Å². The molecule has 0 radical (unpaired) electrons. The molecule has 2 N–H and O–H groups in total. The Kier molecular flexibility index (Phi) is 5.85. The number of benzene rings is 2. The fourth-order valence-electron chi connectivity index (χ4n) is 6.38. The summed E-state index contributed by atoms with van der Waals surface area (Å²) in [5, 5.41) is 12.8. The Morgan fingerprint density at radius 3 is 2.85 bits per heavy atom. The Balaban J connectivity index is 1.63. The molecule has 0 spiro atoms. The van der Waals surface area contributed by atoms with Crippen LogP contribution in [0.4, 0.5) is 5.82 Å². The molecule has 9 nitrogen and oxygen atoms in total. The molecule has 204 valence electrons. The Bertz CT molecular complexity index is 1840. The van der Waals surface area contributed by atoms with Crippen LogP contribution in [-0.4, -0.2) is 57.0 Å². The van der Waals surface area contributed by atoms with Gasteiger partial charge in [0.05, 0.1) is 40.6 Å². The fraction of sp³-hybridized carbons (Fsp3) is 0.355. The zero-order valence-corrected chi connectivity index (χ0v) is 23.3. The summed E-state index contributed by atoms with van der Waals surface area (Å²) < 4.78 is 8.30. The first-order chi connectivity index (χ1) is 19.4. The monoisotopic (exact) mass is 535 g/mol. The predicted octanol–water partition coefficient (Wildman–Crippen LogP) is 4.62. The first-order valence-electron chi connectivity index (χ1n) is 14.0. The van der Waals surface area contributed by atoms with Crippen LogP contribution in [0.3, 0.4) is 0 Å². The molecule has 3 aromatic heterocycles. The molecule has 0 bridgehead atoms. The number of ether oxygens (including phenoxy) is 1. The Morgan fingerprint density at radius 2 is 2.00 bits per heavy atom. The number of nitrogens with zero attached hydrogens (tertiary/aromatic N) is 5. The molecule has 0 amide bonds. The zero-order chi connectivity index (χ0) is 27.5. The topological polar surface area (TPSA) is 101 Å². The minimum absolute atomic E-state index is 0.119. The number of fused-ring (bicyclic) bond motifs is 3. The van der Waals surface area contributed by atoms with Crippen LogP contribution in [0.1, 0.15) is 43.0 Å². The molecule has 1 unspecified atom stereocenters. The van der Waals surface area contributed by atoms with Crippen LogP contribution in [0, 0.1) is 13.8 Å². The highest BCUT2D eigenvalue weighted by Crippen LogP contribution is 2.42. The molecule has 1 fully saturated rings. The van der Waals surface area contributed by atoms with Crippen molar-refractivity contribution in [3.63, 3.8) is 0 Å². The number of aromatic amines is 1. The largest absolute Gasteiger partial charge is 0.493 e. The lowest BCUT2D eigenvalue weighted by molar-refractivity contribution is 0.284. The van der Waals surface area contributed by atoms with Gasteiger partial charge in [-0.2, -0.15) is 10.1 Å². The van der Waals surface area contributed by atoms with E-state index in [1.165, 1.54) is 0 Å². The van der Waals surface area contributed by atoms with Crippen LogP contribution >= 0.6 is 0 Å². The normalized spacial score (nSPS) is 17.1. The number of pyridine rings is 1. The SMILES string of the molecule is Cc1ccnc(C(C)C)c1-n1c(=O)nc2c3c(cc(-c4c(C)ccc5[nH]ncc45)cc31)OCCC1CNCCN21. The van der Waals surface area contributed by atoms with Gasteiger partial charge < -0.3 is 15.0 Å². The van der Waals surface area contributed by atoms with E-state index >= 15 is 0 Å². The van der Waals surface area contributed by atoms with Gasteiger partial charge in [0.2, 0.25) is 0 Å². The number of nitrogens with one attached hydrogen (secondary N) is 2. The lowest BCUT2D eigenvalue weighted by atomic mass is 9.95. The molecule has 5 aromatic rings. The first-order valence-corrected chi connectivity index (χ1v) is 14.0. The van der Waals surface area contributed by atoms with E-state index in [2.05, 4.69) is 59.4 Å². The lowest BCUT2D eigenvalue weighted by Gasteiger charge is -2.39. The number of piperazine rings is 1. The van der Waals surface area contributed by atoms with Crippen LogP contribution in [-0.2, 0) is 0 Å². The number of hydrogen-bond acceptors (Lipinski definition) is 7. The average Bonchev–Trinajstić information content (AvgIpc) is 3.41. The fourth-order valence-corrected chi connectivity index (χ4v) is 6.38. The second kappa shape index (κ2) is 9.45. The molecular weight excluding hydrogens is 502 g/mol. The highest BCUT2D eigenvalue weighted by molar-refractivity contribution is 6.03. The molecule has 40 heavy (non-hydrogen) atoms. The van der Waals surface area contributed by atoms with E-state index in [1.807, 2.05) is 31.5 Å². The molecule has 2 aliphatic rings. The van der Waals surface area contributed by atoms with Crippen LogP contribution < -0.4 is 20.6 Å². The van der Waals surface area contributed by atoms with Crippen molar-refractivity contribution in [3.8, 4) is 22.6 Å². The number of hydrogen-bond donors (Lipinski definition) is 2. The smallest absolute Gasteiger partial charge is 0.354 e. The zero-order valence-electron chi connectivity index (χ0n) is 23.3. The number of anilines is 1. The lowest BCUT2D eigenvalue weighted by Crippen LogP contribution is -2.53. The van der Waals surface area contributed by atoms with Gasteiger partial charge in [0, 0.05) is 43.7 Å². The molecule has 2 aliphatic heterocycles. The van der Waals surface area contributed by atoms with Gasteiger partial charge in [-0.3, -0.25) is 14.6 Å². The van der Waals surface area contributed by atoms with Crippen molar-refractivity contribution >= 4 is 27.6 Å². The summed E-state index contributed by atoms with van der Waals surface area (Å²) in [7, 11) is 0. The molecule has 9 heteroatoms. The van der Waals surface area contributed by atoms with Crippen molar-refractivity contribution in [2.24, 2.45) is 0 Å². The van der Waals surface area contributed by atoms with E-state index in [-0.39, 0.29) is 17.6 Å². The molecule has 5 heterocycles. The maximum atomic E-state index is 14.2. The van der Waals surface area contributed by atoms with Crippen LogP contribution in [0.25, 0.3) is 38.6 Å². The molecule has 0 aliphatic carbocycles. The summed E-state index contributed by atoms with van der Waals surface area (Å²) in [5.41, 5.74) is 7.24. The number of rotatable bonds is 3. The second-order valence-electron chi connectivity index (χ2n) is 11.2. The standard InChI is InChI=1S/C31H33N7O2/c1-17(2)28-29(19(4)7-9-33-28)38-24-13-20(26-18(3)5-6-23-22(26)16-34-36-23)14-25-27(24)30(35-31(38)39)37-11-10-32-15-21(37)8-12-40-25/h5-7,9,13-14,16-17,21,32H,8,10-12,15H2,1-4H3,(H,34,36). The van der Waals surface area contributed by atoms with Gasteiger partial charge in [0.25, 0.3) is 0 Å². The Morgan fingerprint density at radius 1 is 1.12 bits per heavy atom. The number of H-pyrrole nitrogens is 1. The van der Waals surface area contributed by atoms with Gasteiger partial charge in [-0.05, 0) is 66.3 Å². The van der Waals surface area contributed by atoms with Gasteiger partial charge in [0.15, 0.2) is 0 Å². The molecule has 2 aromatic carbocycles. The van der Waals surface area contributed by atoms with Crippen LogP contribution in [0.2, 0.25) is 0 Å². The minimum atomic E-state index is -0.306. The quantitative estimate of drug-likeness (QED) is 0.348. The molecule has 1 atom stereocenters. The Labute approximate surface area is 232 Å². The van der Waals surface area contributed by atoms with Gasteiger partial charge in [-0.25, -0.2) is 4.79 Å². The van der Waals surface area contributed by atoms with Crippen LogP contribution in [0.5, 0.6) is 5.75 Å². The van der Waals surface area contributed by atoms with Crippen molar-refractivity contribution in [2.75, 3.05) is 31.1 Å². The molecule has 0 saturated carbocycles. The van der Waals surface area contributed by atoms with E-state index in [0.717, 1.165) is 87.2 Å². The third-order valence-corrected chi connectivity index (χ3v) is 8.32. The van der Waals surface area contributed by atoms with Gasteiger partial charge >= 0.3 is 5.69 Å². The summed E-state index contributed by atoms with van der Waals surface area (Å²) in [5.74, 6) is 1.57. The van der Waals surface area contributed by atoms with Gasteiger partial charge in [-0.15, -0.1) is 0 Å². The van der Waals surface area contributed by atoms with Crippen molar-refractivity contribution in [1.29, 1.82) is 0 Å². The maximum absolute atomic E-state index is 14.2. The van der Waals surface area contributed by atoms with E-state index < -0.39 is 0 Å². The predicted molar refractivity (Wildman–Crippen MR) is 158 cm³/mol. The Hall–Kier alpha value is -4.24. The van der Waals surface area contributed by atoms with Crippen molar-refractivity contribution in [1.82, 2.24) is 30.0 Å². The summed E-state index contributed by atoms with van der Waals surface area (Å²) in [6, 6.07) is 10.6. The van der Waals surface area contributed by atoms with Crippen molar-refractivity contribution in [3.05, 3.63) is 70.0 Å². The van der Waals surface area contributed by atoms with E-state index in [4.69, 9.17) is 14.7 Å². The van der Waals surface area contributed by atoms with Crippen molar-refractivity contribution < 1.29 is 4.74 Å². The molecule has 7 rings (SSSR count). The average molecular weight is 536 g/mol. The second-order valence-corrected chi connectivity index (χ2v) is 11.2. The summed E-state index contributed by atoms with van der Waals surface area (Å²) >= 11 is 0. The number of aryl methyl sites for hydroxylation is 2. The molecule has 1 saturated heterocycles. The highest BCUT2D eigenvalue weighted by atomic mass is 16.5.